The second kappa shape index (κ2) is 9.12. The van der Waals surface area contributed by atoms with Gasteiger partial charge in [-0.05, 0) is 66.2 Å². The Bertz CT molecular complexity index is 1260. The maximum absolute atomic E-state index is 13.1. The molecule has 0 bridgehead atoms. The van der Waals surface area contributed by atoms with E-state index in [4.69, 9.17) is 23.2 Å². The molecule has 0 aliphatic heterocycles. The van der Waals surface area contributed by atoms with Crippen LogP contribution < -0.4 is 5.32 Å². The van der Waals surface area contributed by atoms with Gasteiger partial charge in [0, 0.05) is 26.6 Å². The van der Waals surface area contributed by atoms with Gasteiger partial charge < -0.3 is 5.32 Å². The standard InChI is InChI=1S/C22H17BrCl2N4OS/c1-12-20(22(30)27-13(2)17-5-3-4-8-26-17)28-29(18-7-6-15(24)10-16(18)25)21(12)19-9-14(23)11-31-19/h3-11,13H,1-2H3,(H,27,30)/t13-/m0/s1. The fourth-order valence-corrected chi connectivity index (χ4v) is 5.24. The number of thiophene rings is 1. The highest BCUT2D eigenvalue weighted by atomic mass is 79.9. The molecule has 0 aliphatic carbocycles. The molecule has 1 N–H and O–H groups in total. The summed E-state index contributed by atoms with van der Waals surface area (Å²) in [4.78, 5) is 18.4. The first kappa shape index (κ1) is 22.0. The van der Waals surface area contributed by atoms with Crippen molar-refractivity contribution in [3.8, 4) is 16.3 Å². The number of amides is 1. The van der Waals surface area contributed by atoms with Crippen molar-refractivity contribution in [2.24, 2.45) is 0 Å². The van der Waals surface area contributed by atoms with Crippen molar-refractivity contribution >= 4 is 56.4 Å². The van der Waals surface area contributed by atoms with Crippen LogP contribution in [0.15, 0.2) is 58.5 Å². The van der Waals surface area contributed by atoms with E-state index in [0.717, 1.165) is 26.3 Å². The second-order valence-corrected chi connectivity index (χ2v) is 9.58. The molecule has 1 atom stereocenters. The average molecular weight is 536 g/mol. The van der Waals surface area contributed by atoms with Gasteiger partial charge in [-0.3, -0.25) is 9.78 Å². The maximum atomic E-state index is 13.1. The van der Waals surface area contributed by atoms with E-state index in [2.05, 4.69) is 31.3 Å². The summed E-state index contributed by atoms with van der Waals surface area (Å²) >= 11 is 17.6. The van der Waals surface area contributed by atoms with Gasteiger partial charge in [0.25, 0.3) is 5.91 Å². The minimum absolute atomic E-state index is 0.267. The van der Waals surface area contributed by atoms with Crippen molar-refractivity contribution in [1.29, 1.82) is 0 Å². The second-order valence-electron chi connectivity index (χ2n) is 6.91. The quantitative estimate of drug-likeness (QED) is 0.303. The highest BCUT2D eigenvalue weighted by Gasteiger charge is 2.25. The lowest BCUT2D eigenvalue weighted by Gasteiger charge is -2.12. The van der Waals surface area contributed by atoms with Crippen molar-refractivity contribution in [3.63, 3.8) is 0 Å². The monoisotopic (exact) mass is 534 g/mol. The number of pyridine rings is 1. The van der Waals surface area contributed by atoms with E-state index < -0.39 is 0 Å². The summed E-state index contributed by atoms with van der Waals surface area (Å²) in [5.41, 5.74) is 3.30. The van der Waals surface area contributed by atoms with Gasteiger partial charge in [-0.2, -0.15) is 5.10 Å². The number of carbonyl (C=O) groups excluding carboxylic acids is 1. The molecule has 158 valence electrons. The molecule has 0 saturated heterocycles. The average Bonchev–Trinajstić information content (AvgIpc) is 3.31. The smallest absolute Gasteiger partial charge is 0.272 e. The molecule has 3 heterocycles. The lowest BCUT2D eigenvalue weighted by molar-refractivity contribution is 0.0933. The molecule has 4 aromatic rings. The Morgan fingerprint density at radius 3 is 2.68 bits per heavy atom. The lowest BCUT2D eigenvalue weighted by Crippen LogP contribution is -2.28. The van der Waals surface area contributed by atoms with E-state index in [0.29, 0.717) is 21.4 Å². The molecule has 1 amide bonds. The Labute approximate surface area is 202 Å². The van der Waals surface area contributed by atoms with Crippen LogP contribution in [0.2, 0.25) is 10.0 Å². The van der Waals surface area contributed by atoms with Crippen LogP contribution in [0.5, 0.6) is 0 Å². The minimum Gasteiger partial charge on any atom is -0.343 e. The number of rotatable bonds is 5. The Hall–Kier alpha value is -2.19. The van der Waals surface area contributed by atoms with Gasteiger partial charge >= 0.3 is 0 Å². The molecular formula is C22H17BrCl2N4OS. The van der Waals surface area contributed by atoms with Crippen molar-refractivity contribution in [2.45, 2.75) is 19.9 Å². The Balaban J connectivity index is 1.79. The van der Waals surface area contributed by atoms with Crippen molar-refractivity contribution in [1.82, 2.24) is 20.1 Å². The molecule has 0 spiro atoms. The van der Waals surface area contributed by atoms with Crippen LogP contribution >= 0.6 is 50.5 Å². The normalized spacial score (nSPS) is 12.0. The van der Waals surface area contributed by atoms with E-state index in [1.165, 1.54) is 0 Å². The summed E-state index contributed by atoms with van der Waals surface area (Å²) in [6.07, 6.45) is 1.70. The summed E-state index contributed by atoms with van der Waals surface area (Å²) in [7, 11) is 0. The van der Waals surface area contributed by atoms with E-state index in [9.17, 15) is 4.79 Å². The molecule has 3 aromatic heterocycles. The van der Waals surface area contributed by atoms with Crippen LogP contribution in [-0.2, 0) is 0 Å². The van der Waals surface area contributed by atoms with Crippen LogP contribution in [0, 0.1) is 6.92 Å². The van der Waals surface area contributed by atoms with E-state index >= 15 is 0 Å². The summed E-state index contributed by atoms with van der Waals surface area (Å²) in [5.74, 6) is -0.281. The number of halogens is 3. The third-order valence-corrected chi connectivity index (χ3v) is 6.99. The van der Waals surface area contributed by atoms with Gasteiger partial charge in [-0.15, -0.1) is 11.3 Å². The summed E-state index contributed by atoms with van der Waals surface area (Å²) in [6, 6.07) is 12.5. The van der Waals surface area contributed by atoms with Gasteiger partial charge in [0.2, 0.25) is 0 Å². The number of aromatic nitrogens is 3. The van der Waals surface area contributed by atoms with Gasteiger partial charge in [0.15, 0.2) is 5.69 Å². The first-order valence-electron chi connectivity index (χ1n) is 9.36. The summed E-state index contributed by atoms with van der Waals surface area (Å²) in [6.45, 7) is 3.77. The molecule has 1 aromatic carbocycles. The van der Waals surface area contributed by atoms with Gasteiger partial charge in [-0.25, -0.2) is 4.68 Å². The van der Waals surface area contributed by atoms with Gasteiger partial charge in [0.05, 0.1) is 33.0 Å². The number of hydrogen-bond donors (Lipinski definition) is 1. The van der Waals surface area contributed by atoms with Crippen molar-refractivity contribution in [3.05, 3.63) is 85.5 Å². The van der Waals surface area contributed by atoms with E-state index in [1.54, 1.807) is 40.4 Å². The van der Waals surface area contributed by atoms with Crippen molar-refractivity contribution in [2.75, 3.05) is 0 Å². The molecule has 0 saturated carbocycles. The third kappa shape index (κ3) is 4.55. The SMILES string of the molecule is Cc1c(C(=O)N[C@@H](C)c2ccccn2)nn(-c2ccc(Cl)cc2Cl)c1-c1cc(Br)cs1. The number of hydrogen-bond acceptors (Lipinski definition) is 4. The summed E-state index contributed by atoms with van der Waals surface area (Å²) < 4.78 is 2.66. The maximum Gasteiger partial charge on any atom is 0.272 e. The fraction of sp³-hybridized carbons (Fsp3) is 0.136. The van der Waals surface area contributed by atoms with E-state index in [1.807, 2.05) is 43.5 Å². The molecule has 0 aliphatic rings. The molecule has 4 rings (SSSR count). The fourth-order valence-electron chi connectivity index (χ4n) is 3.24. The topological polar surface area (TPSA) is 59.8 Å². The minimum atomic E-state index is -0.281. The first-order valence-corrected chi connectivity index (χ1v) is 11.8. The predicted octanol–water partition coefficient (Wildman–Crippen LogP) is 6.86. The molecule has 31 heavy (non-hydrogen) atoms. The van der Waals surface area contributed by atoms with Crippen LogP contribution in [0.4, 0.5) is 0 Å². The number of benzene rings is 1. The Morgan fingerprint density at radius 2 is 2.03 bits per heavy atom. The third-order valence-electron chi connectivity index (χ3n) is 4.76. The number of nitrogens with one attached hydrogen (secondary N) is 1. The molecule has 0 radical (unpaired) electrons. The zero-order chi connectivity index (χ0) is 22.1. The first-order chi connectivity index (χ1) is 14.8. The highest BCUT2D eigenvalue weighted by Crippen LogP contribution is 2.37. The van der Waals surface area contributed by atoms with Crippen molar-refractivity contribution < 1.29 is 4.79 Å². The van der Waals surface area contributed by atoms with Crippen LogP contribution in [-0.4, -0.2) is 20.7 Å². The van der Waals surface area contributed by atoms with Gasteiger partial charge in [0.1, 0.15) is 0 Å². The predicted molar refractivity (Wildman–Crippen MR) is 129 cm³/mol. The highest BCUT2D eigenvalue weighted by molar-refractivity contribution is 9.10. The zero-order valence-electron chi connectivity index (χ0n) is 16.6. The van der Waals surface area contributed by atoms with Crippen LogP contribution in [0.3, 0.4) is 0 Å². The number of nitrogens with zero attached hydrogens (tertiary/aromatic N) is 3. The van der Waals surface area contributed by atoms with E-state index in [-0.39, 0.29) is 11.9 Å². The Kier molecular flexibility index (Phi) is 6.48. The van der Waals surface area contributed by atoms with Crippen LogP contribution in [0.1, 0.15) is 34.7 Å². The van der Waals surface area contributed by atoms with Gasteiger partial charge in [-0.1, -0.05) is 29.3 Å². The Morgan fingerprint density at radius 1 is 1.23 bits per heavy atom. The molecule has 9 heteroatoms. The zero-order valence-corrected chi connectivity index (χ0v) is 20.5. The number of carbonyl (C=O) groups is 1. The largest absolute Gasteiger partial charge is 0.343 e. The van der Waals surface area contributed by atoms with Crippen LogP contribution in [0.25, 0.3) is 16.3 Å². The lowest BCUT2D eigenvalue weighted by atomic mass is 10.1. The molecule has 0 fully saturated rings. The molecular weight excluding hydrogens is 519 g/mol. The molecule has 5 nitrogen and oxygen atoms in total. The summed E-state index contributed by atoms with van der Waals surface area (Å²) in [5, 5.41) is 10.6. The molecule has 0 unspecified atom stereocenters.